The molecule has 2 rings (SSSR count). The topological polar surface area (TPSA) is 89.0 Å². The molecule has 0 fully saturated rings. The lowest BCUT2D eigenvalue weighted by Gasteiger charge is -2.13. The van der Waals surface area contributed by atoms with Gasteiger partial charge in [0.1, 0.15) is 6.42 Å². The quantitative estimate of drug-likeness (QED) is 0.315. The Bertz CT molecular complexity index is 888. The number of hydrazone groups is 1. The molecule has 0 aliphatic heterocycles. The van der Waals surface area contributed by atoms with Crippen molar-refractivity contribution in [1.29, 1.82) is 0 Å². The van der Waals surface area contributed by atoms with E-state index in [2.05, 4.69) is 31.8 Å². The maximum Gasteiger partial charge on any atom is 0.249 e. The number of halogens is 2. The standard InChI is InChI=1S/C20H21BrClN3O4/c1-3-28-17-10-13(9-16(21)20(17)29-4-2)12-23-25-19(27)11-18(26)24-15-7-5-14(22)6-8-15/h5-10,12H,3-4,11H2,1-2H3,(H,24,26)(H,25,27). The Morgan fingerprint density at radius 2 is 1.79 bits per heavy atom. The van der Waals surface area contributed by atoms with E-state index in [9.17, 15) is 9.59 Å². The van der Waals surface area contributed by atoms with Crippen molar-refractivity contribution < 1.29 is 19.1 Å². The van der Waals surface area contributed by atoms with E-state index in [1.54, 1.807) is 36.4 Å². The lowest BCUT2D eigenvalue weighted by Crippen LogP contribution is -2.24. The summed E-state index contributed by atoms with van der Waals surface area (Å²) in [4.78, 5) is 23.8. The number of ether oxygens (including phenoxy) is 2. The molecule has 0 radical (unpaired) electrons. The second-order valence-electron chi connectivity index (χ2n) is 5.72. The van der Waals surface area contributed by atoms with Crippen LogP contribution in [0.4, 0.5) is 5.69 Å². The highest BCUT2D eigenvalue weighted by Crippen LogP contribution is 2.36. The van der Waals surface area contributed by atoms with Crippen LogP contribution in [0.2, 0.25) is 5.02 Å². The van der Waals surface area contributed by atoms with Crippen molar-refractivity contribution in [3.63, 3.8) is 0 Å². The molecular formula is C20H21BrClN3O4. The molecule has 2 N–H and O–H groups in total. The monoisotopic (exact) mass is 481 g/mol. The molecule has 0 spiro atoms. The Morgan fingerprint density at radius 1 is 1.10 bits per heavy atom. The third-order valence-electron chi connectivity index (χ3n) is 3.47. The van der Waals surface area contributed by atoms with Gasteiger partial charge >= 0.3 is 0 Å². The largest absolute Gasteiger partial charge is 0.490 e. The van der Waals surface area contributed by atoms with E-state index in [0.29, 0.717) is 45.5 Å². The number of benzene rings is 2. The van der Waals surface area contributed by atoms with Crippen LogP contribution in [-0.4, -0.2) is 31.2 Å². The van der Waals surface area contributed by atoms with Gasteiger partial charge in [0.05, 0.1) is 23.9 Å². The molecule has 0 aliphatic carbocycles. The average molecular weight is 483 g/mol. The van der Waals surface area contributed by atoms with E-state index in [1.807, 2.05) is 13.8 Å². The maximum atomic E-state index is 11.9. The number of hydrogen-bond acceptors (Lipinski definition) is 5. The van der Waals surface area contributed by atoms with Gasteiger partial charge in [-0.1, -0.05) is 11.6 Å². The Morgan fingerprint density at radius 3 is 2.45 bits per heavy atom. The molecule has 2 amide bonds. The first-order chi connectivity index (χ1) is 13.9. The van der Waals surface area contributed by atoms with Crippen LogP contribution in [0, 0.1) is 0 Å². The predicted molar refractivity (Wildman–Crippen MR) is 117 cm³/mol. The van der Waals surface area contributed by atoms with Crippen LogP contribution in [-0.2, 0) is 9.59 Å². The molecule has 7 nitrogen and oxygen atoms in total. The van der Waals surface area contributed by atoms with Gasteiger partial charge in [-0.2, -0.15) is 5.10 Å². The molecule has 154 valence electrons. The molecule has 0 unspecified atom stereocenters. The summed E-state index contributed by atoms with van der Waals surface area (Å²) in [5.74, 6) is 0.179. The summed E-state index contributed by atoms with van der Waals surface area (Å²) < 4.78 is 11.9. The van der Waals surface area contributed by atoms with Crippen LogP contribution in [0.15, 0.2) is 46.0 Å². The zero-order chi connectivity index (χ0) is 21.2. The lowest BCUT2D eigenvalue weighted by atomic mass is 10.2. The SMILES string of the molecule is CCOc1cc(C=NNC(=O)CC(=O)Nc2ccc(Cl)cc2)cc(Br)c1OCC. The summed E-state index contributed by atoms with van der Waals surface area (Å²) in [6.45, 7) is 4.74. The molecule has 0 heterocycles. The minimum Gasteiger partial charge on any atom is -0.490 e. The average Bonchev–Trinajstić information content (AvgIpc) is 2.66. The normalized spacial score (nSPS) is 10.6. The molecule has 0 saturated heterocycles. The second kappa shape index (κ2) is 11.4. The van der Waals surface area contributed by atoms with Gasteiger partial charge in [-0.3, -0.25) is 9.59 Å². The number of anilines is 1. The van der Waals surface area contributed by atoms with Crippen molar-refractivity contribution in [1.82, 2.24) is 5.43 Å². The fraction of sp³-hybridized carbons (Fsp3) is 0.250. The minimum absolute atomic E-state index is 0.364. The summed E-state index contributed by atoms with van der Waals surface area (Å²) in [5, 5.41) is 7.06. The summed E-state index contributed by atoms with van der Waals surface area (Å²) in [6, 6.07) is 10.1. The van der Waals surface area contributed by atoms with Gasteiger partial charge in [-0.15, -0.1) is 0 Å². The molecule has 2 aromatic rings. The molecule has 0 aliphatic rings. The van der Waals surface area contributed by atoms with E-state index in [1.165, 1.54) is 6.21 Å². The van der Waals surface area contributed by atoms with Crippen molar-refractivity contribution in [3.05, 3.63) is 51.5 Å². The predicted octanol–water partition coefficient (Wildman–Crippen LogP) is 4.38. The Balaban J connectivity index is 1.93. The summed E-state index contributed by atoms with van der Waals surface area (Å²) in [6.07, 6.45) is 1.09. The van der Waals surface area contributed by atoms with Crippen LogP contribution >= 0.6 is 27.5 Å². The van der Waals surface area contributed by atoms with Gasteiger partial charge in [-0.25, -0.2) is 5.43 Å². The molecular weight excluding hydrogens is 462 g/mol. The zero-order valence-electron chi connectivity index (χ0n) is 16.0. The highest BCUT2D eigenvalue weighted by molar-refractivity contribution is 9.10. The van der Waals surface area contributed by atoms with E-state index < -0.39 is 11.8 Å². The van der Waals surface area contributed by atoms with Crippen molar-refractivity contribution in [2.45, 2.75) is 20.3 Å². The summed E-state index contributed by atoms with van der Waals surface area (Å²) >= 11 is 9.23. The van der Waals surface area contributed by atoms with Crippen molar-refractivity contribution >= 4 is 51.2 Å². The van der Waals surface area contributed by atoms with E-state index in [-0.39, 0.29) is 6.42 Å². The molecule has 0 saturated carbocycles. The number of nitrogens with one attached hydrogen (secondary N) is 2. The summed E-state index contributed by atoms with van der Waals surface area (Å²) in [5.41, 5.74) is 3.57. The van der Waals surface area contributed by atoms with Gasteiger partial charge < -0.3 is 14.8 Å². The van der Waals surface area contributed by atoms with Crippen molar-refractivity contribution in [2.75, 3.05) is 18.5 Å². The lowest BCUT2D eigenvalue weighted by molar-refractivity contribution is -0.126. The number of hydrogen-bond donors (Lipinski definition) is 2. The van der Waals surface area contributed by atoms with Crippen molar-refractivity contribution in [2.24, 2.45) is 5.10 Å². The third kappa shape index (κ3) is 7.40. The number of carbonyl (C=O) groups excluding carboxylic acids is 2. The Hall–Kier alpha value is -2.58. The van der Waals surface area contributed by atoms with E-state index >= 15 is 0 Å². The fourth-order valence-corrected chi connectivity index (χ4v) is 3.01. The molecule has 0 atom stereocenters. The highest BCUT2D eigenvalue weighted by Gasteiger charge is 2.12. The smallest absolute Gasteiger partial charge is 0.249 e. The number of nitrogens with zero attached hydrogens (tertiary/aromatic N) is 1. The summed E-state index contributed by atoms with van der Waals surface area (Å²) in [7, 11) is 0. The molecule has 9 heteroatoms. The number of carbonyl (C=O) groups is 2. The van der Waals surface area contributed by atoms with Crippen LogP contribution < -0.4 is 20.2 Å². The maximum absolute atomic E-state index is 11.9. The minimum atomic E-state index is -0.539. The number of amides is 2. The first kappa shape index (κ1) is 22.7. The zero-order valence-corrected chi connectivity index (χ0v) is 18.3. The third-order valence-corrected chi connectivity index (χ3v) is 4.31. The van der Waals surface area contributed by atoms with Gasteiger partial charge in [0.2, 0.25) is 11.8 Å². The first-order valence-electron chi connectivity index (χ1n) is 8.89. The van der Waals surface area contributed by atoms with Crippen LogP contribution in [0.3, 0.4) is 0 Å². The Labute approximate surface area is 182 Å². The van der Waals surface area contributed by atoms with Gasteiger partial charge in [0.15, 0.2) is 11.5 Å². The van der Waals surface area contributed by atoms with Crippen molar-refractivity contribution in [3.8, 4) is 11.5 Å². The van der Waals surface area contributed by atoms with Gasteiger partial charge in [0.25, 0.3) is 0 Å². The highest BCUT2D eigenvalue weighted by atomic mass is 79.9. The molecule has 0 bridgehead atoms. The Kier molecular flexibility index (Phi) is 8.95. The van der Waals surface area contributed by atoms with Crippen LogP contribution in [0.5, 0.6) is 11.5 Å². The molecule has 0 aromatic heterocycles. The van der Waals surface area contributed by atoms with E-state index in [0.717, 1.165) is 0 Å². The molecule has 29 heavy (non-hydrogen) atoms. The van der Waals surface area contributed by atoms with Gasteiger partial charge in [-0.05, 0) is 71.7 Å². The van der Waals surface area contributed by atoms with Gasteiger partial charge in [0, 0.05) is 10.7 Å². The first-order valence-corrected chi connectivity index (χ1v) is 10.1. The molecule has 2 aromatic carbocycles. The van der Waals surface area contributed by atoms with E-state index in [4.69, 9.17) is 21.1 Å². The fourth-order valence-electron chi connectivity index (χ4n) is 2.31. The van der Waals surface area contributed by atoms with Crippen LogP contribution in [0.25, 0.3) is 0 Å². The number of rotatable bonds is 9. The van der Waals surface area contributed by atoms with Crippen LogP contribution in [0.1, 0.15) is 25.8 Å². The second-order valence-corrected chi connectivity index (χ2v) is 7.01.